The Kier molecular flexibility index (Phi) is 7.89. The normalized spacial score (nSPS) is 14.4. The Labute approximate surface area is 213 Å². The summed E-state index contributed by atoms with van der Waals surface area (Å²) in [5.41, 5.74) is 4.20. The van der Waals surface area contributed by atoms with Crippen LogP contribution in [-0.2, 0) is 16.3 Å². The van der Waals surface area contributed by atoms with Crippen LogP contribution in [0.2, 0.25) is 0 Å². The van der Waals surface area contributed by atoms with Crippen molar-refractivity contribution in [2.75, 3.05) is 24.7 Å². The molecule has 0 saturated carbocycles. The van der Waals surface area contributed by atoms with E-state index in [4.69, 9.17) is 0 Å². The van der Waals surface area contributed by atoms with Crippen LogP contribution in [-0.4, -0.2) is 44.5 Å². The van der Waals surface area contributed by atoms with Gasteiger partial charge >= 0.3 is 0 Å². The highest BCUT2D eigenvalue weighted by atomic mass is 32.2. The summed E-state index contributed by atoms with van der Waals surface area (Å²) in [4.78, 5) is 27.5. The molecular formula is C29H32N2O4S. The molecule has 0 bridgehead atoms. The van der Waals surface area contributed by atoms with Gasteiger partial charge in [0.1, 0.15) is 0 Å². The zero-order chi connectivity index (χ0) is 25.7. The van der Waals surface area contributed by atoms with Gasteiger partial charge in [-0.25, -0.2) is 8.42 Å². The number of amides is 2. The minimum atomic E-state index is -3.36. The Morgan fingerprint density at radius 3 is 2.19 bits per heavy atom. The van der Waals surface area contributed by atoms with Crippen LogP contribution >= 0.6 is 0 Å². The van der Waals surface area contributed by atoms with Crippen molar-refractivity contribution in [2.24, 2.45) is 0 Å². The van der Waals surface area contributed by atoms with E-state index < -0.39 is 9.84 Å². The van der Waals surface area contributed by atoms with Crippen LogP contribution in [0.1, 0.15) is 63.9 Å². The molecule has 1 aliphatic heterocycles. The molecule has 0 unspecified atom stereocenters. The molecule has 1 saturated heterocycles. The SMILES string of the molecule is CCCc1ccc(C(=O)Nc2ccc(C3CCN(C(=O)c4cccc(S(C)(=O)=O)c4)CC3)cc2)cc1. The lowest BCUT2D eigenvalue weighted by Crippen LogP contribution is -2.38. The number of rotatable bonds is 7. The first-order valence-corrected chi connectivity index (χ1v) is 14.2. The number of sulfone groups is 1. The largest absolute Gasteiger partial charge is 0.339 e. The standard InChI is InChI=1S/C29H32N2O4S/c1-3-5-21-8-10-24(11-9-21)28(32)30-26-14-12-22(13-15-26)23-16-18-31(19-17-23)29(33)25-6-4-7-27(20-25)36(2,34)35/h4,6-15,20,23H,3,5,16-19H2,1-2H3,(H,30,32). The van der Waals surface area contributed by atoms with E-state index in [2.05, 4.69) is 12.2 Å². The van der Waals surface area contributed by atoms with Crippen LogP contribution in [0.15, 0.2) is 77.7 Å². The van der Waals surface area contributed by atoms with E-state index in [-0.39, 0.29) is 16.7 Å². The fraction of sp³-hybridized carbons (Fsp3) is 0.310. The Morgan fingerprint density at radius 1 is 0.917 bits per heavy atom. The number of benzene rings is 3. The molecule has 3 aromatic carbocycles. The molecule has 36 heavy (non-hydrogen) atoms. The molecule has 188 valence electrons. The Hall–Kier alpha value is -3.45. The minimum Gasteiger partial charge on any atom is -0.339 e. The average molecular weight is 505 g/mol. The minimum absolute atomic E-state index is 0.127. The number of nitrogens with zero attached hydrogens (tertiary/aromatic N) is 1. The third-order valence-electron chi connectivity index (χ3n) is 6.69. The number of carbonyl (C=O) groups excluding carboxylic acids is 2. The number of hydrogen-bond acceptors (Lipinski definition) is 4. The summed E-state index contributed by atoms with van der Waals surface area (Å²) in [6.45, 7) is 3.36. The lowest BCUT2D eigenvalue weighted by molar-refractivity contribution is 0.0712. The molecule has 2 amide bonds. The highest BCUT2D eigenvalue weighted by Gasteiger charge is 2.25. The van der Waals surface area contributed by atoms with Gasteiger partial charge in [-0.1, -0.05) is 43.7 Å². The molecular weight excluding hydrogens is 472 g/mol. The Morgan fingerprint density at radius 2 is 1.58 bits per heavy atom. The van der Waals surface area contributed by atoms with Crippen LogP contribution < -0.4 is 5.32 Å². The molecule has 1 N–H and O–H groups in total. The van der Waals surface area contributed by atoms with Crippen molar-refractivity contribution in [1.82, 2.24) is 4.90 Å². The van der Waals surface area contributed by atoms with Crippen LogP contribution in [0.5, 0.6) is 0 Å². The van der Waals surface area contributed by atoms with Gasteiger partial charge in [0.2, 0.25) is 0 Å². The molecule has 4 rings (SSSR count). The molecule has 0 aromatic heterocycles. The van der Waals surface area contributed by atoms with Crippen LogP contribution in [0.4, 0.5) is 5.69 Å². The lowest BCUT2D eigenvalue weighted by atomic mass is 9.89. The first-order valence-electron chi connectivity index (χ1n) is 12.3. The molecule has 0 radical (unpaired) electrons. The molecule has 3 aromatic rings. The topological polar surface area (TPSA) is 83.6 Å². The summed E-state index contributed by atoms with van der Waals surface area (Å²) in [6.07, 6.45) is 4.88. The number of hydrogen-bond donors (Lipinski definition) is 1. The first kappa shape index (κ1) is 25.6. The number of nitrogens with one attached hydrogen (secondary N) is 1. The molecule has 1 fully saturated rings. The van der Waals surface area contributed by atoms with Crippen LogP contribution in [0.3, 0.4) is 0 Å². The molecule has 1 aliphatic rings. The summed E-state index contributed by atoms with van der Waals surface area (Å²) >= 11 is 0. The summed E-state index contributed by atoms with van der Waals surface area (Å²) in [5.74, 6) is 0.0598. The Balaban J connectivity index is 1.33. The van der Waals surface area contributed by atoms with E-state index >= 15 is 0 Å². The van der Waals surface area contributed by atoms with E-state index in [0.29, 0.717) is 30.1 Å². The predicted molar refractivity (Wildman–Crippen MR) is 142 cm³/mol. The zero-order valence-electron chi connectivity index (χ0n) is 20.7. The van der Waals surface area contributed by atoms with Gasteiger partial charge in [0, 0.05) is 36.2 Å². The van der Waals surface area contributed by atoms with Crippen molar-refractivity contribution in [1.29, 1.82) is 0 Å². The van der Waals surface area contributed by atoms with Gasteiger partial charge in [0.15, 0.2) is 9.84 Å². The summed E-state index contributed by atoms with van der Waals surface area (Å²) in [7, 11) is -3.36. The van der Waals surface area contributed by atoms with Crippen LogP contribution in [0, 0.1) is 0 Å². The average Bonchev–Trinajstić information content (AvgIpc) is 2.89. The fourth-order valence-corrected chi connectivity index (χ4v) is 5.28. The number of carbonyl (C=O) groups is 2. The van der Waals surface area contributed by atoms with E-state index in [1.54, 1.807) is 17.0 Å². The highest BCUT2D eigenvalue weighted by molar-refractivity contribution is 7.90. The first-order chi connectivity index (χ1) is 17.2. The van der Waals surface area contributed by atoms with Gasteiger partial charge in [-0.15, -0.1) is 0 Å². The molecule has 7 heteroatoms. The van der Waals surface area contributed by atoms with Crippen LogP contribution in [0.25, 0.3) is 0 Å². The molecule has 0 atom stereocenters. The lowest BCUT2D eigenvalue weighted by Gasteiger charge is -2.32. The third-order valence-corrected chi connectivity index (χ3v) is 7.80. The fourth-order valence-electron chi connectivity index (χ4n) is 4.61. The quantitative estimate of drug-likeness (QED) is 0.472. The molecule has 1 heterocycles. The van der Waals surface area contributed by atoms with E-state index in [0.717, 1.165) is 37.6 Å². The maximum atomic E-state index is 12.9. The number of likely N-dealkylation sites (tertiary alicyclic amines) is 1. The van der Waals surface area contributed by atoms with Gasteiger partial charge in [-0.3, -0.25) is 9.59 Å². The smallest absolute Gasteiger partial charge is 0.255 e. The molecule has 0 spiro atoms. The van der Waals surface area contributed by atoms with Crippen molar-refractivity contribution >= 4 is 27.3 Å². The zero-order valence-corrected chi connectivity index (χ0v) is 21.6. The predicted octanol–water partition coefficient (Wildman–Crippen LogP) is 5.31. The summed E-state index contributed by atoms with van der Waals surface area (Å²) in [6, 6.07) is 21.9. The van der Waals surface area contributed by atoms with Crippen molar-refractivity contribution in [2.45, 2.75) is 43.4 Å². The van der Waals surface area contributed by atoms with Gasteiger partial charge in [0.25, 0.3) is 11.8 Å². The van der Waals surface area contributed by atoms with Gasteiger partial charge in [0.05, 0.1) is 4.90 Å². The second-order valence-corrected chi connectivity index (χ2v) is 11.4. The van der Waals surface area contributed by atoms with Crippen molar-refractivity contribution in [3.05, 3.63) is 95.1 Å². The summed E-state index contributed by atoms with van der Waals surface area (Å²) in [5, 5.41) is 2.96. The maximum Gasteiger partial charge on any atom is 0.255 e. The van der Waals surface area contributed by atoms with Crippen molar-refractivity contribution < 1.29 is 18.0 Å². The number of piperidine rings is 1. The van der Waals surface area contributed by atoms with E-state index in [9.17, 15) is 18.0 Å². The highest BCUT2D eigenvalue weighted by Crippen LogP contribution is 2.30. The maximum absolute atomic E-state index is 12.9. The number of anilines is 1. The second-order valence-electron chi connectivity index (χ2n) is 9.39. The van der Waals surface area contributed by atoms with Crippen molar-refractivity contribution in [3.63, 3.8) is 0 Å². The third kappa shape index (κ3) is 6.21. The monoisotopic (exact) mass is 504 g/mol. The van der Waals surface area contributed by atoms with Gasteiger partial charge in [-0.05, 0) is 78.8 Å². The Bertz CT molecular complexity index is 1320. The van der Waals surface area contributed by atoms with Gasteiger partial charge in [-0.2, -0.15) is 0 Å². The molecule has 0 aliphatic carbocycles. The van der Waals surface area contributed by atoms with E-state index in [1.807, 2.05) is 48.5 Å². The number of aryl methyl sites for hydroxylation is 1. The van der Waals surface area contributed by atoms with Gasteiger partial charge < -0.3 is 10.2 Å². The second kappa shape index (κ2) is 11.1. The summed E-state index contributed by atoms with van der Waals surface area (Å²) < 4.78 is 23.7. The molecule has 6 nitrogen and oxygen atoms in total. The van der Waals surface area contributed by atoms with E-state index in [1.165, 1.54) is 23.3 Å². The van der Waals surface area contributed by atoms with Crippen molar-refractivity contribution in [3.8, 4) is 0 Å².